The molecule has 4 rings (SSSR count). The Kier molecular flexibility index (Phi) is 5.79. The van der Waals surface area contributed by atoms with E-state index in [4.69, 9.17) is 28.6 Å². The predicted molar refractivity (Wildman–Crippen MR) is 121 cm³/mol. The Labute approximate surface area is 187 Å². The Hall–Kier alpha value is -3.55. The number of thiocarbonyl (C=S) groups is 1. The van der Waals surface area contributed by atoms with Crippen molar-refractivity contribution in [2.24, 2.45) is 0 Å². The standard InChI is InChI=1S/C23H14ClFN2O3S/c24-15-3-7-17(8-4-15)27-22(29)20(21(28)26-23(27)31)13-14-1-9-18(10-2-14)30-19-11-5-16(25)6-12-19/h1-13H,(H,26,28,31). The first kappa shape index (κ1) is 20.7. The zero-order valence-electron chi connectivity index (χ0n) is 15.8. The predicted octanol–water partition coefficient (Wildman–Crippen LogP) is 5.10. The van der Waals surface area contributed by atoms with E-state index in [0.717, 1.165) is 0 Å². The molecule has 154 valence electrons. The van der Waals surface area contributed by atoms with Crippen LogP contribution < -0.4 is 15.0 Å². The van der Waals surface area contributed by atoms with Gasteiger partial charge >= 0.3 is 0 Å². The maximum absolute atomic E-state index is 13.0. The van der Waals surface area contributed by atoms with Crippen LogP contribution in [0.1, 0.15) is 5.56 Å². The number of nitrogens with one attached hydrogen (secondary N) is 1. The summed E-state index contributed by atoms with van der Waals surface area (Å²) in [5.41, 5.74) is 1.05. The summed E-state index contributed by atoms with van der Waals surface area (Å²) in [5.74, 6) is -0.454. The van der Waals surface area contributed by atoms with Crippen LogP contribution in [0, 0.1) is 5.82 Å². The van der Waals surface area contributed by atoms with Gasteiger partial charge in [-0.1, -0.05) is 23.7 Å². The fourth-order valence-electron chi connectivity index (χ4n) is 2.92. The molecule has 1 fully saturated rings. The molecule has 0 radical (unpaired) electrons. The molecule has 0 aliphatic carbocycles. The van der Waals surface area contributed by atoms with Crippen LogP contribution in [-0.4, -0.2) is 16.9 Å². The molecule has 0 saturated carbocycles. The van der Waals surface area contributed by atoms with Gasteiger partial charge in [-0.3, -0.25) is 19.8 Å². The third kappa shape index (κ3) is 4.63. The highest BCUT2D eigenvalue weighted by molar-refractivity contribution is 7.80. The molecule has 1 heterocycles. The van der Waals surface area contributed by atoms with Gasteiger partial charge in [-0.25, -0.2) is 4.39 Å². The van der Waals surface area contributed by atoms with Crippen molar-refractivity contribution >= 4 is 52.5 Å². The van der Waals surface area contributed by atoms with Gasteiger partial charge in [0.1, 0.15) is 22.9 Å². The number of rotatable bonds is 4. The van der Waals surface area contributed by atoms with Crippen molar-refractivity contribution in [3.8, 4) is 11.5 Å². The van der Waals surface area contributed by atoms with E-state index in [9.17, 15) is 14.0 Å². The average molecular weight is 453 g/mol. The molecule has 2 amide bonds. The van der Waals surface area contributed by atoms with E-state index in [1.54, 1.807) is 48.5 Å². The first-order chi connectivity index (χ1) is 14.9. The topological polar surface area (TPSA) is 58.6 Å². The number of ether oxygens (including phenoxy) is 1. The molecular weight excluding hydrogens is 439 g/mol. The van der Waals surface area contributed by atoms with Crippen molar-refractivity contribution in [1.82, 2.24) is 5.32 Å². The molecule has 1 aliphatic rings. The number of carbonyl (C=O) groups is 2. The summed E-state index contributed by atoms with van der Waals surface area (Å²) in [7, 11) is 0. The molecule has 3 aromatic rings. The maximum atomic E-state index is 13.0. The Morgan fingerprint density at radius 3 is 2.10 bits per heavy atom. The summed E-state index contributed by atoms with van der Waals surface area (Å²) in [5, 5.41) is 3.05. The third-order valence-electron chi connectivity index (χ3n) is 4.43. The van der Waals surface area contributed by atoms with Gasteiger partial charge in [0.15, 0.2) is 5.11 Å². The largest absolute Gasteiger partial charge is 0.457 e. The monoisotopic (exact) mass is 452 g/mol. The van der Waals surface area contributed by atoms with Gasteiger partial charge in [-0.05, 0) is 84.5 Å². The smallest absolute Gasteiger partial charge is 0.270 e. The minimum Gasteiger partial charge on any atom is -0.457 e. The maximum Gasteiger partial charge on any atom is 0.270 e. The van der Waals surface area contributed by atoms with Gasteiger partial charge in [0, 0.05) is 5.02 Å². The van der Waals surface area contributed by atoms with Gasteiger partial charge in [0.05, 0.1) is 5.69 Å². The minimum atomic E-state index is -0.577. The van der Waals surface area contributed by atoms with Crippen LogP contribution in [0.25, 0.3) is 6.08 Å². The molecular formula is C23H14ClFN2O3S. The summed E-state index contributed by atoms with van der Waals surface area (Å²) in [6.07, 6.45) is 1.48. The normalized spacial score (nSPS) is 15.2. The number of carbonyl (C=O) groups excluding carboxylic acids is 2. The van der Waals surface area contributed by atoms with Crippen LogP contribution >= 0.6 is 23.8 Å². The molecule has 0 bridgehead atoms. The number of hydrogen-bond donors (Lipinski definition) is 1. The van der Waals surface area contributed by atoms with Crippen LogP contribution in [-0.2, 0) is 9.59 Å². The van der Waals surface area contributed by atoms with Crippen LogP contribution in [0.2, 0.25) is 5.02 Å². The van der Waals surface area contributed by atoms with Gasteiger partial charge in [-0.15, -0.1) is 0 Å². The number of benzene rings is 3. The van der Waals surface area contributed by atoms with Gasteiger partial charge < -0.3 is 4.74 Å². The number of amides is 2. The molecule has 3 aromatic carbocycles. The zero-order valence-corrected chi connectivity index (χ0v) is 17.4. The molecule has 0 unspecified atom stereocenters. The number of nitrogens with zero attached hydrogens (tertiary/aromatic N) is 1. The van der Waals surface area contributed by atoms with E-state index in [2.05, 4.69) is 5.32 Å². The zero-order chi connectivity index (χ0) is 22.0. The number of halogens is 2. The molecule has 1 N–H and O–H groups in total. The van der Waals surface area contributed by atoms with E-state index >= 15 is 0 Å². The molecule has 5 nitrogen and oxygen atoms in total. The van der Waals surface area contributed by atoms with Gasteiger partial charge in [0.2, 0.25) is 0 Å². The SMILES string of the molecule is O=C1NC(=S)N(c2ccc(Cl)cc2)C(=O)C1=Cc1ccc(Oc2ccc(F)cc2)cc1. The first-order valence-corrected chi connectivity index (χ1v) is 9.90. The highest BCUT2D eigenvalue weighted by atomic mass is 35.5. The lowest BCUT2D eigenvalue weighted by atomic mass is 10.1. The van der Waals surface area contributed by atoms with Crippen molar-refractivity contribution in [1.29, 1.82) is 0 Å². The van der Waals surface area contributed by atoms with E-state index in [0.29, 0.717) is 27.8 Å². The van der Waals surface area contributed by atoms with Crippen molar-refractivity contribution < 1.29 is 18.7 Å². The van der Waals surface area contributed by atoms with E-state index in [-0.39, 0.29) is 16.5 Å². The Bertz CT molecular complexity index is 1190. The van der Waals surface area contributed by atoms with E-state index < -0.39 is 11.8 Å². The van der Waals surface area contributed by atoms with Crippen molar-refractivity contribution in [3.63, 3.8) is 0 Å². The summed E-state index contributed by atoms with van der Waals surface area (Å²) in [6, 6.07) is 19.0. The van der Waals surface area contributed by atoms with Gasteiger partial charge in [-0.2, -0.15) is 0 Å². The van der Waals surface area contributed by atoms with Crippen LogP contribution in [0.3, 0.4) is 0 Å². The van der Waals surface area contributed by atoms with Crippen molar-refractivity contribution in [2.45, 2.75) is 0 Å². The fourth-order valence-corrected chi connectivity index (χ4v) is 3.33. The van der Waals surface area contributed by atoms with Crippen LogP contribution in [0.5, 0.6) is 11.5 Å². The van der Waals surface area contributed by atoms with E-state index in [1.165, 1.54) is 35.2 Å². The van der Waals surface area contributed by atoms with Crippen LogP contribution in [0.15, 0.2) is 78.4 Å². The lowest BCUT2D eigenvalue weighted by molar-refractivity contribution is -0.122. The van der Waals surface area contributed by atoms with Gasteiger partial charge in [0.25, 0.3) is 11.8 Å². The average Bonchev–Trinajstić information content (AvgIpc) is 2.75. The quantitative estimate of drug-likeness (QED) is 0.340. The molecule has 1 aliphatic heterocycles. The molecule has 1 saturated heterocycles. The number of anilines is 1. The minimum absolute atomic E-state index is 0.00230. The molecule has 0 aromatic heterocycles. The highest BCUT2D eigenvalue weighted by Crippen LogP contribution is 2.25. The Morgan fingerprint density at radius 1 is 0.903 bits per heavy atom. The summed E-state index contributed by atoms with van der Waals surface area (Å²) < 4.78 is 18.7. The van der Waals surface area contributed by atoms with Crippen molar-refractivity contribution in [3.05, 3.63) is 94.8 Å². The third-order valence-corrected chi connectivity index (χ3v) is 4.96. The number of hydrogen-bond acceptors (Lipinski definition) is 4. The van der Waals surface area contributed by atoms with Crippen molar-refractivity contribution in [2.75, 3.05) is 4.90 Å². The fraction of sp³-hybridized carbons (Fsp3) is 0. The highest BCUT2D eigenvalue weighted by Gasteiger charge is 2.34. The lowest BCUT2D eigenvalue weighted by Crippen LogP contribution is -2.54. The summed E-state index contributed by atoms with van der Waals surface area (Å²) in [4.78, 5) is 26.6. The molecule has 8 heteroatoms. The van der Waals surface area contributed by atoms with Crippen LogP contribution in [0.4, 0.5) is 10.1 Å². The summed E-state index contributed by atoms with van der Waals surface area (Å²) >= 11 is 11.1. The second-order valence-electron chi connectivity index (χ2n) is 6.56. The second-order valence-corrected chi connectivity index (χ2v) is 7.38. The lowest BCUT2D eigenvalue weighted by Gasteiger charge is -2.28. The molecule has 0 atom stereocenters. The second kappa shape index (κ2) is 8.67. The van der Waals surface area contributed by atoms with E-state index in [1.807, 2.05) is 0 Å². The summed E-state index contributed by atoms with van der Waals surface area (Å²) in [6.45, 7) is 0. The Morgan fingerprint density at radius 2 is 1.48 bits per heavy atom. The molecule has 31 heavy (non-hydrogen) atoms. The first-order valence-electron chi connectivity index (χ1n) is 9.11. The molecule has 0 spiro atoms. The Balaban J connectivity index is 1.57.